The molecule has 1 aliphatic rings. The van der Waals surface area contributed by atoms with Gasteiger partial charge in [-0.15, -0.1) is 0 Å². The first-order chi connectivity index (χ1) is 7.10. The van der Waals surface area contributed by atoms with Crippen molar-refractivity contribution in [3.8, 4) is 6.07 Å². The molecule has 0 aromatic carbocycles. The highest BCUT2D eigenvalue weighted by atomic mass is 16.5. The summed E-state index contributed by atoms with van der Waals surface area (Å²) in [4.78, 5) is 11.7. The standard InChI is InChI=1S/C12H17NO2/c1-4-10-5-6-11(9(10)3)12(14)15-8(2)7-13/h6,8-11H,1,4-5H2,2-3H3. The maximum absolute atomic E-state index is 11.7. The smallest absolute Gasteiger partial charge is 0.310 e. The number of ether oxygens (including phenoxy) is 1. The quantitative estimate of drug-likeness (QED) is 0.666. The molecule has 1 aliphatic carbocycles. The molecule has 0 N–H and O–H groups in total. The summed E-state index contributed by atoms with van der Waals surface area (Å²) in [5.41, 5.74) is 0. The van der Waals surface area contributed by atoms with Crippen LogP contribution in [0.3, 0.4) is 0 Å². The SMILES string of the molecule is [CH2]CC1C[CH]C(C(=O)OC(C)C#N)C1C. The first-order valence-corrected chi connectivity index (χ1v) is 5.32. The zero-order chi connectivity index (χ0) is 11.4. The molecule has 4 unspecified atom stereocenters. The molecule has 0 heterocycles. The number of carbonyl (C=O) groups is 1. The van der Waals surface area contributed by atoms with E-state index in [-0.39, 0.29) is 17.8 Å². The normalized spacial score (nSPS) is 32.0. The highest BCUT2D eigenvalue weighted by molar-refractivity contribution is 5.75. The molecule has 0 spiro atoms. The van der Waals surface area contributed by atoms with Gasteiger partial charge in [0.1, 0.15) is 6.07 Å². The summed E-state index contributed by atoms with van der Waals surface area (Å²) in [6.45, 7) is 7.49. The van der Waals surface area contributed by atoms with E-state index in [4.69, 9.17) is 10.00 Å². The molecule has 0 bridgehead atoms. The van der Waals surface area contributed by atoms with E-state index in [0.29, 0.717) is 5.92 Å². The first kappa shape index (κ1) is 12.0. The van der Waals surface area contributed by atoms with E-state index in [1.165, 1.54) is 0 Å². The van der Waals surface area contributed by atoms with Crippen LogP contribution in [0.5, 0.6) is 0 Å². The second-order valence-corrected chi connectivity index (χ2v) is 4.11. The van der Waals surface area contributed by atoms with Gasteiger partial charge in [-0.05, 0) is 31.6 Å². The lowest BCUT2D eigenvalue weighted by molar-refractivity contribution is -0.150. The van der Waals surface area contributed by atoms with Crippen molar-refractivity contribution in [2.75, 3.05) is 0 Å². The van der Waals surface area contributed by atoms with Crippen LogP contribution in [-0.2, 0) is 9.53 Å². The largest absolute Gasteiger partial charge is 0.447 e. The van der Waals surface area contributed by atoms with E-state index in [2.05, 4.69) is 6.92 Å². The summed E-state index contributed by atoms with van der Waals surface area (Å²) in [5, 5.41) is 8.54. The number of nitrogens with zero attached hydrogens (tertiary/aromatic N) is 1. The predicted octanol–water partition coefficient (Wildman–Crippen LogP) is 2.14. The molecular formula is C12H17NO2. The number of nitriles is 1. The Morgan fingerprint density at radius 3 is 2.93 bits per heavy atom. The van der Waals surface area contributed by atoms with Crippen LogP contribution in [0.4, 0.5) is 0 Å². The summed E-state index contributed by atoms with van der Waals surface area (Å²) in [5.74, 6) is 0.320. The monoisotopic (exact) mass is 207 g/mol. The van der Waals surface area contributed by atoms with Crippen LogP contribution >= 0.6 is 0 Å². The lowest BCUT2D eigenvalue weighted by Gasteiger charge is -2.18. The van der Waals surface area contributed by atoms with Gasteiger partial charge in [0.05, 0.1) is 5.92 Å². The van der Waals surface area contributed by atoms with Crippen molar-refractivity contribution in [1.29, 1.82) is 5.26 Å². The van der Waals surface area contributed by atoms with Crippen molar-refractivity contribution >= 4 is 5.97 Å². The Hall–Kier alpha value is -1.04. The number of esters is 1. The Kier molecular flexibility index (Phi) is 4.14. The topological polar surface area (TPSA) is 50.1 Å². The summed E-state index contributed by atoms with van der Waals surface area (Å²) in [6, 6.07) is 1.89. The van der Waals surface area contributed by atoms with Crippen molar-refractivity contribution in [1.82, 2.24) is 0 Å². The average molecular weight is 207 g/mol. The average Bonchev–Trinajstić information content (AvgIpc) is 2.59. The Balaban J connectivity index is 2.52. The van der Waals surface area contributed by atoms with Gasteiger partial charge in [0.25, 0.3) is 0 Å². The highest BCUT2D eigenvalue weighted by Gasteiger charge is 2.37. The van der Waals surface area contributed by atoms with E-state index in [1.54, 1.807) is 6.92 Å². The zero-order valence-electron chi connectivity index (χ0n) is 9.27. The number of hydrogen-bond donors (Lipinski definition) is 0. The van der Waals surface area contributed by atoms with Crippen molar-refractivity contribution in [3.63, 3.8) is 0 Å². The second kappa shape index (κ2) is 5.16. The Morgan fingerprint density at radius 1 is 1.80 bits per heavy atom. The van der Waals surface area contributed by atoms with Gasteiger partial charge in [-0.3, -0.25) is 4.79 Å². The minimum absolute atomic E-state index is 0.160. The molecule has 0 saturated heterocycles. The molecule has 0 amide bonds. The minimum atomic E-state index is -0.656. The van der Waals surface area contributed by atoms with E-state index in [1.807, 2.05) is 19.4 Å². The van der Waals surface area contributed by atoms with E-state index >= 15 is 0 Å². The van der Waals surface area contributed by atoms with Gasteiger partial charge in [0.2, 0.25) is 0 Å². The van der Waals surface area contributed by atoms with E-state index in [0.717, 1.165) is 12.8 Å². The highest BCUT2D eigenvalue weighted by Crippen LogP contribution is 2.38. The van der Waals surface area contributed by atoms with Gasteiger partial charge in [0.15, 0.2) is 6.10 Å². The van der Waals surface area contributed by atoms with Crippen molar-refractivity contribution in [2.45, 2.75) is 32.8 Å². The van der Waals surface area contributed by atoms with E-state index < -0.39 is 6.10 Å². The van der Waals surface area contributed by atoms with Crippen molar-refractivity contribution < 1.29 is 9.53 Å². The Labute approximate surface area is 91.4 Å². The molecule has 3 heteroatoms. The molecule has 82 valence electrons. The fourth-order valence-corrected chi connectivity index (χ4v) is 2.01. The van der Waals surface area contributed by atoms with Crippen LogP contribution in [0, 0.1) is 42.4 Å². The van der Waals surface area contributed by atoms with Crippen LogP contribution in [-0.4, -0.2) is 12.1 Å². The molecule has 4 atom stereocenters. The van der Waals surface area contributed by atoms with Crippen LogP contribution in [0.2, 0.25) is 0 Å². The fourth-order valence-electron chi connectivity index (χ4n) is 2.01. The number of hydrogen-bond acceptors (Lipinski definition) is 3. The second-order valence-electron chi connectivity index (χ2n) is 4.11. The molecule has 2 radical (unpaired) electrons. The van der Waals surface area contributed by atoms with Crippen LogP contribution in [0.1, 0.15) is 26.7 Å². The molecule has 0 aromatic rings. The van der Waals surface area contributed by atoms with Gasteiger partial charge < -0.3 is 4.74 Å². The van der Waals surface area contributed by atoms with Crippen molar-refractivity contribution in [3.05, 3.63) is 13.3 Å². The van der Waals surface area contributed by atoms with Crippen LogP contribution in [0.25, 0.3) is 0 Å². The van der Waals surface area contributed by atoms with Crippen LogP contribution < -0.4 is 0 Å². The molecule has 15 heavy (non-hydrogen) atoms. The van der Waals surface area contributed by atoms with Gasteiger partial charge in [-0.25, -0.2) is 0 Å². The van der Waals surface area contributed by atoms with Gasteiger partial charge in [-0.2, -0.15) is 5.26 Å². The summed E-state index contributed by atoms with van der Waals surface area (Å²) in [7, 11) is 0. The zero-order valence-corrected chi connectivity index (χ0v) is 9.27. The molecule has 0 aromatic heterocycles. The van der Waals surface area contributed by atoms with Gasteiger partial charge in [0, 0.05) is 0 Å². The van der Waals surface area contributed by atoms with Gasteiger partial charge >= 0.3 is 5.97 Å². The maximum atomic E-state index is 11.7. The third-order valence-corrected chi connectivity index (χ3v) is 3.12. The molecular weight excluding hydrogens is 190 g/mol. The predicted molar refractivity (Wildman–Crippen MR) is 56.2 cm³/mol. The third kappa shape index (κ3) is 2.71. The van der Waals surface area contributed by atoms with Gasteiger partial charge in [-0.1, -0.05) is 20.3 Å². The molecule has 3 nitrogen and oxygen atoms in total. The van der Waals surface area contributed by atoms with Crippen LogP contribution in [0.15, 0.2) is 0 Å². The first-order valence-electron chi connectivity index (χ1n) is 5.32. The van der Waals surface area contributed by atoms with Crippen molar-refractivity contribution in [2.24, 2.45) is 17.8 Å². The maximum Gasteiger partial charge on any atom is 0.310 e. The third-order valence-electron chi connectivity index (χ3n) is 3.12. The number of carbonyl (C=O) groups excluding carboxylic acids is 1. The molecule has 1 saturated carbocycles. The molecule has 1 rings (SSSR count). The Morgan fingerprint density at radius 2 is 2.47 bits per heavy atom. The molecule has 1 fully saturated rings. The lowest BCUT2D eigenvalue weighted by Crippen LogP contribution is -2.25. The summed E-state index contributed by atoms with van der Waals surface area (Å²) in [6.07, 6.45) is 3.10. The summed E-state index contributed by atoms with van der Waals surface area (Å²) < 4.78 is 4.99. The van der Waals surface area contributed by atoms with E-state index in [9.17, 15) is 4.79 Å². The summed E-state index contributed by atoms with van der Waals surface area (Å²) >= 11 is 0. The minimum Gasteiger partial charge on any atom is -0.447 e. The fraction of sp³-hybridized carbons (Fsp3) is 0.667. The Bertz CT molecular complexity index is 269. The lowest BCUT2D eigenvalue weighted by atomic mass is 9.90. The number of rotatable bonds is 3. The molecule has 0 aliphatic heterocycles.